The van der Waals surface area contributed by atoms with Crippen LogP contribution >= 0.6 is 11.6 Å². The topological polar surface area (TPSA) is 90.4 Å². The molecule has 4 rings (SSSR count). The van der Waals surface area contributed by atoms with Crippen molar-refractivity contribution in [1.29, 1.82) is 0 Å². The minimum atomic E-state index is -1.13. The van der Waals surface area contributed by atoms with Gasteiger partial charge in [-0.2, -0.15) is 0 Å². The van der Waals surface area contributed by atoms with E-state index in [-0.39, 0.29) is 36.8 Å². The van der Waals surface area contributed by atoms with Gasteiger partial charge in [0.05, 0.1) is 17.4 Å². The monoisotopic (exact) mass is 585 g/mol. The second-order valence-electron chi connectivity index (χ2n) is 11.8. The molecule has 0 aliphatic carbocycles. The van der Waals surface area contributed by atoms with Crippen LogP contribution in [-0.4, -0.2) is 82.7 Å². The quantitative estimate of drug-likeness (QED) is 0.257. The zero-order valence-electron chi connectivity index (χ0n) is 24.6. The smallest absolute Gasteiger partial charge is 0.253 e. The highest BCUT2D eigenvalue weighted by Crippen LogP contribution is 2.65. The SMILES string of the molecule is C=CCN(CCC)C(=O)[C@@H]1[C@H]2C(=O)N(CCCCCO)C(C(=O)N(CC=C)c3ccc(Cl)cc3)C23CC(C)[C@@]1(C)O3. The normalized spacial score (nSPS) is 29.9. The zero-order valence-corrected chi connectivity index (χ0v) is 25.3. The van der Waals surface area contributed by atoms with E-state index in [2.05, 4.69) is 20.1 Å². The van der Waals surface area contributed by atoms with E-state index in [0.717, 1.165) is 6.42 Å². The van der Waals surface area contributed by atoms with Gasteiger partial charge in [0.1, 0.15) is 11.6 Å². The predicted molar refractivity (Wildman–Crippen MR) is 160 cm³/mol. The number of amides is 3. The van der Waals surface area contributed by atoms with Crippen LogP contribution in [0.2, 0.25) is 5.02 Å². The van der Waals surface area contributed by atoms with Gasteiger partial charge in [-0.05, 0) is 69.2 Å². The van der Waals surface area contributed by atoms with Crippen LogP contribution < -0.4 is 4.90 Å². The molecule has 0 radical (unpaired) electrons. The Morgan fingerprint density at radius 1 is 1.15 bits per heavy atom. The highest BCUT2D eigenvalue weighted by Gasteiger charge is 2.80. The Balaban J connectivity index is 1.80. The summed E-state index contributed by atoms with van der Waals surface area (Å²) in [5.74, 6) is -2.08. The van der Waals surface area contributed by atoms with Gasteiger partial charge >= 0.3 is 0 Å². The van der Waals surface area contributed by atoms with Crippen molar-refractivity contribution in [1.82, 2.24) is 9.80 Å². The number of benzene rings is 1. The number of carbonyl (C=O) groups is 3. The number of hydrogen-bond donors (Lipinski definition) is 1. The van der Waals surface area contributed by atoms with Crippen molar-refractivity contribution in [3.8, 4) is 0 Å². The van der Waals surface area contributed by atoms with Gasteiger partial charge in [0.2, 0.25) is 11.8 Å². The highest BCUT2D eigenvalue weighted by atomic mass is 35.5. The van der Waals surface area contributed by atoms with Gasteiger partial charge in [-0.25, -0.2) is 0 Å². The predicted octanol–water partition coefficient (Wildman–Crippen LogP) is 4.46. The van der Waals surface area contributed by atoms with E-state index in [1.807, 2.05) is 13.8 Å². The third kappa shape index (κ3) is 5.35. The average molecular weight is 586 g/mol. The number of hydrogen-bond acceptors (Lipinski definition) is 5. The van der Waals surface area contributed by atoms with Crippen molar-refractivity contribution in [3.63, 3.8) is 0 Å². The number of rotatable bonds is 14. The number of fused-ring (bicyclic) bond motifs is 1. The Kier molecular flexibility index (Phi) is 9.66. The Hall–Kier alpha value is -2.68. The van der Waals surface area contributed by atoms with Crippen LogP contribution in [0.15, 0.2) is 49.6 Å². The number of likely N-dealkylation sites (tertiary alicyclic amines) is 1. The summed E-state index contributed by atoms with van der Waals surface area (Å²) in [6.45, 7) is 15.3. The molecule has 3 heterocycles. The Bertz CT molecular complexity index is 1160. The van der Waals surface area contributed by atoms with Crippen molar-refractivity contribution in [2.75, 3.05) is 37.7 Å². The van der Waals surface area contributed by atoms with Crippen LogP contribution in [0.4, 0.5) is 5.69 Å². The van der Waals surface area contributed by atoms with E-state index < -0.39 is 29.1 Å². The van der Waals surface area contributed by atoms with Crippen LogP contribution in [0.1, 0.15) is 52.9 Å². The number of unbranched alkanes of at least 4 members (excludes halogenated alkanes) is 2. The molecule has 8 nitrogen and oxygen atoms in total. The molecule has 41 heavy (non-hydrogen) atoms. The minimum Gasteiger partial charge on any atom is -0.396 e. The number of anilines is 1. The second kappa shape index (κ2) is 12.7. The fourth-order valence-corrected chi connectivity index (χ4v) is 7.47. The minimum absolute atomic E-state index is 0.0410. The van der Waals surface area contributed by atoms with Crippen molar-refractivity contribution in [3.05, 3.63) is 54.6 Å². The fourth-order valence-electron chi connectivity index (χ4n) is 7.34. The third-order valence-electron chi connectivity index (χ3n) is 9.24. The number of ether oxygens (including phenoxy) is 1. The first kappa shape index (κ1) is 31.3. The molecule has 0 aromatic heterocycles. The van der Waals surface area contributed by atoms with Crippen molar-refractivity contribution < 1.29 is 24.2 Å². The molecule has 3 fully saturated rings. The van der Waals surface area contributed by atoms with Gasteiger partial charge in [0.15, 0.2) is 0 Å². The number of nitrogens with zero attached hydrogens (tertiary/aromatic N) is 3. The lowest BCUT2D eigenvalue weighted by Gasteiger charge is -2.39. The average Bonchev–Trinajstić information content (AvgIpc) is 3.46. The molecule has 1 N–H and O–H groups in total. The summed E-state index contributed by atoms with van der Waals surface area (Å²) in [5.41, 5.74) is -1.36. The second-order valence-corrected chi connectivity index (χ2v) is 12.2. The first-order valence-corrected chi connectivity index (χ1v) is 15.2. The number of aliphatic hydroxyl groups is 1. The van der Waals surface area contributed by atoms with Gasteiger partial charge in [-0.3, -0.25) is 14.4 Å². The van der Waals surface area contributed by atoms with E-state index in [1.54, 1.807) is 51.1 Å². The van der Waals surface area contributed by atoms with Crippen LogP contribution in [-0.2, 0) is 19.1 Å². The van der Waals surface area contributed by atoms with Crippen molar-refractivity contribution in [2.24, 2.45) is 17.8 Å². The molecule has 9 heteroatoms. The van der Waals surface area contributed by atoms with Gasteiger partial charge in [-0.15, -0.1) is 13.2 Å². The van der Waals surface area contributed by atoms with E-state index in [9.17, 15) is 19.5 Å². The first-order valence-electron chi connectivity index (χ1n) is 14.8. The maximum atomic E-state index is 14.6. The molecular weight excluding hydrogens is 542 g/mol. The number of aliphatic hydroxyl groups excluding tert-OH is 1. The molecule has 0 saturated carbocycles. The summed E-state index contributed by atoms with van der Waals surface area (Å²) in [6, 6.07) is 6.12. The van der Waals surface area contributed by atoms with Crippen LogP contribution in [0.3, 0.4) is 0 Å². The summed E-state index contributed by atoms with van der Waals surface area (Å²) in [4.78, 5) is 48.3. The summed E-state index contributed by atoms with van der Waals surface area (Å²) >= 11 is 6.14. The zero-order chi connectivity index (χ0) is 29.9. The third-order valence-corrected chi connectivity index (χ3v) is 9.49. The van der Waals surface area contributed by atoms with E-state index in [1.165, 1.54) is 0 Å². The molecule has 2 bridgehead atoms. The molecule has 224 valence electrons. The number of halogens is 1. The Morgan fingerprint density at radius 2 is 1.83 bits per heavy atom. The maximum Gasteiger partial charge on any atom is 0.253 e. The Labute approximate surface area is 248 Å². The molecule has 1 aromatic carbocycles. The van der Waals surface area contributed by atoms with E-state index in [4.69, 9.17) is 16.3 Å². The number of carbonyl (C=O) groups excluding carboxylic acids is 3. The van der Waals surface area contributed by atoms with Crippen molar-refractivity contribution >= 4 is 35.0 Å². The lowest BCUT2D eigenvalue weighted by molar-refractivity contribution is -0.151. The summed E-state index contributed by atoms with van der Waals surface area (Å²) in [7, 11) is 0. The summed E-state index contributed by atoms with van der Waals surface area (Å²) in [6.07, 6.45) is 6.61. The van der Waals surface area contributed by atoms with E-state index >= 15 is 0 Å². The lowest BCUT2D eigenvalue weighted by atomic mass is 9.62. The molecule has 1 aromatic rings. The molecule has 3 amide bonds. The van der Waals surface area contributed by atoms with Gasteiger partial charge in [0.25, 0.3) is 5.91 Å². The molecular formula is C32H44ClN3O5. The summed E-state index contributed by atoms with van der Waals surface area (Å²) in [5, 5.41) is 9.86. The van der Waals surface area contributed by atoms with Crippen LogP contribution in [0.25, 0.3) is 0 Å². The Morgan fingerprint density at radius 3 is 2.44 bits per heavy atom. The largest absolute Gasteiger partial charge is 0.396 e. The molecule has 1 spiro atoms. The lowest BCUT2D eigenvalue weighted by Crippen LogP contribution is -2.57. The molecule has 3 unspecified atom stereocenters. The van der Waals surface area contributed by atoms with Crippen LogP contribution in [0, 0.1) is 17.8 Å². The maximum absolute atomic E-state index is 14.6. The van der Waals surface area contributed by atoms with E-state index in [0.29, 0.717) is 56.0 Å². The van der Waals surface area contributed by atoms with Gasteiger partial charge in [-0.1, -0.05) is 37.6 Å². The molecule has 3 saturated heterocycles. The molecule has 3 aliphatic rings. The standard InChI is InChI=1S/C32H44ClN3O5/c1-6-16-34(17-7-2)28(38)25-26-29(39)36(19-10-9-11-20-37)27(32(26)21-22(4)31(25,5)41-32)30(40)35(18-8-3)24-14-12-23(33)13-15-24/h6,8,12-15,22,25-27,37H,1,3,7,9-11,16-21H2,2,4-5H3/t22?,25-,26-,27?,31+,32?/m0/s1. The van der Waals surface area contributed by atoms with Crippen molar-refractivity contribution in [2.45, 2.75) is 70.1 Å². The van der Waals surface area contributed by atoms with Gasteiger partial charge in [0, 0.05) is 43.5 Å². The van der Waals surface area contributed by atoms with Crippen LogP contribution in [0.5, 0.6) is 0 Å². The van der Waals surface area contributed by atoms with Gasteiger partial charge < -0.3 is 24.5 Å². The first-order chi connectivity index (χ1) is 19.6. The summed E-state index contributed by atoms with van der Waals surface area (Å²) < 4.78 is 6.90. The fraction of sp³-hybridized carbons (Fsp3) is 0.594. The highest BCUT2D eigenvalue weighted by molar-refractivity contribution is 6.30. The molecule has 3 aliphatic heterocycles. The molecule has 6 atom stereocenters.